The summed E-state index contributed by atoms with van der Waals surface area (Å²) in [6, 6.07) is 6.55. The molecular formula is C20H32ClN5O2. The number of nitrogens with zero attached hydrogens (tertiary/aromatic N) is 1. The maximum atomic E-state index is 12.9. The number of rotatable bonds is 8. The van der Waals surface area contributed by atoms with E-state index in [-0.39, 0.29) is 36.1 Å². The zero-order valence-electron chi connectivity index (χ0n) is 16.8. The molecule has 1 heterocycles. The average molecular weight is 410 g/mol. The standard InChI is InChI=1S/C20H31N5O2.ClH/c1-13(2)11-16(23-3)20(27)25-10-4-5-17(25)19(26)24-12-14-6-8-15(9-7-14)18(21)22;/h6-9,13,16-17,23H,4-5,10-12H2,1-3H3,(H3,21,22)(H,24,26);1H/t16?,17-;/m0./s1. The van der Waals surface area contributed by atoms with Gasteiger partial charge in [0.2, 0.25) is 11.8 Å². The molecule has 1 aromatic rings. The van der Waals surface area contributed by atoms with Gasteiger partial charge in [0.15, 0.2) is 0 Å². The SMILES string of the molecule is CNC(CC(C)C)C(=O)N1CCC[C@H]1C(=O)NCc1ccc(C(=N)N)cc1.Cl. The van der Waals surface area contributed by atoms with E-state index < -0.39 is 6.04 Å². The number of carbonyl (C=O) groups excluding carboxylic acids is 2. The molecule has 2 rings (SSSR count). The molecule has 0 aromatic heterocycles. The molecule has 156 valence electrons. The molecule has 0 spiro atoms. The summed E-state index contributed by atoms with van der Waals surface area (Å²) >= 11 is 0. The van der Waals surface area contributed by atoms with Gasteiger partial charge in [0.25, 0.3) is 0 Å². The Labute approximate surface area is 173 Å². The molecule has 2 amide bonds. The number of amidine groups is 1. The first kappa shape index (κ1) is 23.9. The van der Waals surface area contributed by atoms with Crippen LogP contribution in [0.1, 0.15) is 44.2 Å². The number of benzene rings is 1. The van der Waals surface area contributed by atoms with Gasteiger partial charge in [-0.05, 0) is 37.8 Å². The number of likely N-dealkylation sites (N-methyl/N-ethyl adjacent to an activating group) is 1. The monoisotopic (exact) mass is 409 g/mol. The fourth-order valence-electron chi connectivity index (χ4n) is 3.43. The van der Waals surface area contributed by atoms with Crippen molar-refractivity contribution >= 4 is 30.1 Å². The molecule has 2 atom stereocenters. The zero-order valence-corrected chi connectivity index (χ0v) is 17.6. The molecule has 0 radical (unpaired) electrons. The Hall–Kier alpha value is -2.12. The minimum Gasteiger partial charge on any atom is -0.384 e. The van der Waals surface area contributed by atoms with Gasteiger partial charge in [0.1, 0.15) is 11.9 Å². The molecule has 1 fully saturated rings. The lowest BCUT2D eigenvalue weighted by Crippen LogP contribution is -2.52. The van der Waals surface area contributed by atoms with Gasteiger partial charge in [-0.2, -0.15) is 0 Å². The largest absolute Gasteiger partial charge is 0.384 e. The third-order valence-electron chi connectivity index (χ3n) is 4.92. The molecule has 1 aliphatic heterocycles. The van der Waals surface area contributed by atoms with Crippen molar-refractivity contribution in [3.8, 4) is 0 Å². The van der Waals surface area contributed by atoms with Crippen LogP contribution in [0.3, 0.4) is 0 Å². The van der Waals surface area contributed by atoms with E-state index in [2.05, 4.69) is 24.5 Å². The highest BCUT2D eigenvalue weighted by atomic mass is 35.5. The van der Waals surface area contributed by atoms with Crippen molar-refractivity contribution in [2.75, 3.05) is 13.6 Å². The minimum atomic E-state index is -0.406. The second-order valence-electron chi connectivity index (χ2n) is 7.49. The van der Waals surface area contributed by atoms with Gasteiger partial charge < -0.3 is 21.3 Å². The smallest absolute Gasteiger partial charge is 0.243 e. The Kier molecular flexibility index (Phi) is 9.41. The summed E-state index contributed by atoms with van der Waals surface area (Å²) in [5, 5.41) is 13.4. The molecule has 1 aromatic carbocycles. The third kappa shape index (κ3) is 6.21. The van der Waals surface area contributed by atoms with Crippen LogP contribution in [0.25, 0.3) is 0 Å². The Balaban J connectivity index is 0.00000392. The van der Waals surface area contributed by atoms with Crippen LogP contribution in [-0.2, 0) is 16.1 Å². The van der Waals surface area contributed by atoms with E-state index in [4.69, 9.17) is 11.1 Å². The predicted octanol–water partition coefficient (Wildman–Crippen LogP) is 1.63. The fraction of sp³-hybridized carbons (Fsp3) is 0.550. The van der Waals surface area contributed by atoms with Crippen LogP contribution in [0.2, 0.25) is 0 Å². The third-order valence-corrected chi connectivity index (χ3v) is 4.92. The number of amides is 2. The predicted molar refractivity (Wildman–Crippen MR) is 114 cm³/mol. The number of carbonyl (C=O) groups is 2. The number of halogens is 1. The van der Waals surface area contributed by atoms with E-state index in [1.54, 1.807) is 24.1 Å². The van der Waals surface area contributed by atoms with Gasteiger partial charge in [-0.3, -0.25) is 15.0 Å². The van der Waals surface area contributed by atoms with Gasteiger partial charge in [-0.1, -0.05) is 38.1 Å². The van der Waals surface area contributed by atoms with Crippen LogP contribution in [0.15, 0.2) is 24.3 Å². The first-order valence-electron chi connectivity index (χ1n) is 9.52. The number of hydrogen-bond donors (Lipinski definition) is 4. The van der Waals surface area contributed by atoms with Crippen molar-refractivity contribution in [2.45, 2.75) is 51.7 Å². The van der Waals surface area contributed by atoms with Crippen LogP contribution >= 0.6 is 12.4 Å². The maximum absolute atomic E-state index is 12.9. The Morgan fingerprint density at radius 1 is 1.29 bits per heavy atom. The van der Waals surface area contributed by atoms with Crippen molar-refractivity contribution in [1.29, 1.82) is 5.41 Å². The number of likely N-dealkylation sites (tertiary alicyclic amines) is 1. The van der Waals surface area contributed by atoms with Gasteiger partial charge >= 0.3 is 0 Å². The molecule has 1 unspecified atom stereocenters. The molecule has 7 nitrogen and oxygen atoms in total. The summed E-state index contributed by atoms with van der Waals surface area (Å²) in [6.45, 7) is 5.18. The van der Waals surface area contributed by atoms with E-state index in [0.717, 1.165) is 18.4 Å². The summed E-state index contributed by atoms with van der Waals surface area (Å²) in [6.07, 6.45) is 2.29. The second-order valence-corrected chi connectivity index (χ2v) is 7.49. The second kappa shape index (κ2) is 11.0. The molecule has 8 heteroatoms. The maximum Gasteiger partial charge on any atom is 0.243 e. The summed E-state index contributed by atoms with van der Waals surface area (Å²) < 4.78 is 0. The van der Waals surface area contributed by atoms with Crippen LogP contribution in [-0.4, -0.2) is 48.2 Å². The fourth-order valence-corrected chi connectivity index (χ4v) is 3.43. The number of nitrogen functional groups attached to an aromatic ring is 1. The average Bonchev–Trinajstić information content (AvgIpc) is 3.13. The van der Waals surface area contributed by atoms with Gasteiger partial charge in [-0.15, -0.1) is 12.4 Å². The summed E-state index contributed by atoms with van der Waals surface area (Å²) in [5.41, 5.74) is 7.03. The highest BCUT2D eigenvalue weighted by Gasteiger charge is 2.36. The summed E-state index contributed by atoms with van der Waals surface area (Å²) in [5.74, 6) is 0.316. The molecule has 28 heavy (non-hydrogen) atoms. The van der Waals surface area contributed by atoms with E-state index in [9.17, 15) is 9.59 Å². The lowest BCUT2D eigenvalue weighted by atomic mass is 10.0. The van der Waals surface area contributed by atoms with E-state index >= 15 is 0 Å². The van der Waals surface area contributed by atoms with E-state index in [1.807, 2.05) is 12.1 Å². The van der Waals surface area contributed by atoms with Crippen LogP contribution in [0, 0.1) is 11.3 Å². The van der Waals surface area contributed by atoms with Crippen LogP contribution in [0.5, 0.6) is 0 Å². The number of nitrogens with two attached hydrogens (primary N) is 1. The van der Waals surface area contributed by atoms with Crippen molar-refractivity contribution < 1.29 is 9.59 Å². The van der Waals surface area contributed by atoms with E-state index in [1.165, 1.54) is 0 Å². The van der Waals surface area contributed by atoms with E-state index in [0.29, 0.717) is 31.0 Å². The first-order chi connectivity index (χ1) is 12.8. The van der Waals surface area contributed by atoms with Crippen molar-refractivity contribution in [2.24, 2.45) is 11.7 Å². The van der Waals surface area contributed by atoms with Crippen LogP contribution in [0.4, 0.5) is 0 Å². The van der Waals surface area contributed by atoms with Gasteiger partial charge in [0, 0.05) is 18.7 Å². The zero-order chi connectivity index (χ0) is 20.0. The number of hydrogen-bond acceptors (Lipinski definition) is 4. The van der Waals surface area contributed by atoms with Crippen molar-refractivity contribution in [3.63, 3.8) is 0 Å². The highest BCUT2D eigenvalue weighted by Crippen LogP contribution is 2.20. The molecule has 0 bridgehead atoms. The first-order valence-corrected chi connectivity index (χ1v) is 9.52. The summed E-state index contributed by atoms with van der Waals surface area (Å²) in [4.78, 5) is 27.2. The highest BCUT2D eigenvalue weighted by molar-refractivity contribution is 5.95. The Bertz CT molecular complexity index is 678. The van der Waals surface area contributed by atoms with Gasteiger partial charge in [-0.25, -0.2) is 0 Å². The number of nitrogens with one attached hydrogen (secondary N) is 3. The summed E-state index contributed by atoms with van der Waals surface area (Å²) in [7, 11) is 1.79. The quantitative estimate of drug-likeness (QED) is 0.386. The molecular weight excluding hydrogens is 378 g/mol. The molecule has 5 N–H and O–H groups in total. The minimum absolute atomic E-state index is 0. The van der Waals surface area contributed by atoms with Crippen LogP contribution < -0.4 is 16.4 Å². The van der Waals surface area contributed by atoms with Crippen molar-refractivity contribution in [3.05, 3.63) is 35.4 Å². The normalized spacial score (nSPS) is 17.1. The van der Waals surface area contributed by atoms with Crippen molar-refractivity contribution in [1.82, 2.24) is 15.5 Å². The molecule has 1 aliphatic rings. The lowest BCUT2D eigenvalue weighted by Gasteiger charge is -2.28. The van der Waals surface area contributed by atoms with Gasteiger partial charge in [0.05, 0.1) is 6.04 Å². The topological polar surface area (TPSA) is 111 Å². The Morgan fingerprint density at radius 2 is 1.93 bits per heavy atom. The lowest BCUT2D eigenvalue weighted by molar-refractivity contribution is -0.140. The molecule has 0 aliphatic carbocycles. The molecule has 0 saturated carbocycles. The Morgan fingerprint density at radius 3 is 2.46 bits per heavy atom. The molecule has 1 saturated heterocycles.